The first-order valence-electron chi connectivity index (χ1n) is 5.37. The average molecular weight is 267 g/mol. The summed E-state index contributed by atoms with van der Waals surface area (Å²) in [5.41, 5.74) is 1.69. The largest absolute Gasteiger partial charge is 0.481 e. The Morgan fingerprint density at radius 2 is 2.22 bits per heavy atom. The van der Waals surface area contributed by atoms with Crippen molar-refractivity contribution in [3.8, 4) is 11.5 Å². The Hall–Kier alpha value is -1.88. The molecule has 5 nitrogen and oxygen atoms in total. The van der Waals surface area contributed by atoms with E-state index in [0.29, 0.717) is 22.4 Å². The van der Waals surface area contributed by atoms with Crippen LogP contribution in [0.25, 0.3) is 11.5 Å². The molecule has 1 N–H and O–H groups in total. The lowest BCUT2D eigenvalue weighted by molar-refractivity contribution is -0.137. The number of benzene rings is 1. The molecule has 2 aromatic rings. The number of carboxylic acid groups (broad SMARTS) is 1. The third-order valence-electron chi connectivity index (χ3n) is 2.37. The molecule has 6 heteroatoms. The van der Waals surface area contributed by atoms with Crippen LogP contribution in [-0.4, -0.2) is 21.3 Å². The van der Waals surface area contributed by atoms with Gasteiger partial charge in [-0.2, -0.15) is 0 Å². The van der Waals surface area contributed by atoms with Gasteiger partial charge in [-0.05, 0) is 24.6 Å². The van der Waals surface area contributed by atoms with Crippen molar-refractivity contribution in [3.63, 3.8) is 0 Å². The zero-order valence-corrected chi connectivity index (χ0v) is 10.4. The summed E-state index contributed by atoms with van der Waals surface area (Å²) < 4.78 is 5.37. The Labute approximate surface area is 108 Å². The molecule has 1 aromatic carbocycles. The Bertz CT molecular complexity index is 580. The molecule has 0 aliphatic carbocycles. The molecule has 0 aliphatic heterocycles. The van der Waals surface area contributed by atoms with E-state index in [9.17, 15) is 4.79 Å². The molecule has 1 aromatic heterocycles. The van der Waals surface area contributed by atoms with Gasteiger partial charge in [-0.3, -0.25) is 4.79 Å². The molecular weight excluding hydrogens is 256 g/mol. The smallest absolute Gasteiger partial charge is 0.303 e. The average Bonchev–Trinajstić information content (AvgIpc) is 2.75. The second kappa shape index (κ2) is 5.18. The summed E-state index contributed by atoms with van der Waals surface area (Å²) in [5, 5.41) is 16.7. The number of carbonyl (C=O) groups is 1. The Morgan fingerprint density at radius 3 is 2.89 bits per heavy atom. The molecule has 1 heterocycles. The van der Waals surface area contributed by atoms with E-state index < -0.39 is 5.97 Å². The second-order valence-corrected chi connectivity index (χ2v) is 4.29. The fraction of sp³-hybridized carbons (Fsp3) is 0.250. The molecule has 94 valence electrons. The van der Waals surface area contributed by atoms with Gasteiger partial charge >= 0.3 is 5.97 Å². The van der Waals surface area contributed by atoms with Gasteiger partial charge in [-0.1, -0.05) is 17.7 Å². The van der Waals surface area contributed by atoms with Crippen LogP contribution in [0.4, 0.5) is 0 Å². The molecule has 0 atom stereocenters. The summed E-state index contributed by atoms with van der Waals surface area (Å²) in [5.74, 6) is -0.299. The van der Waals surface area contributed by atoms with Gasteiger partial charge in [0.1, 0.15) is 0 Å². The van der Waals surface area contributed by atoms with Crippen LogP contribution in [0.1, 0.15) is 17.9 Å². The normalized spacial score (nSPS) is 10.6. The fourth-order valence-corrected chi connectivity index (χ4v) is 1.79. The maximum absolute atomic E-state index is 10.4. The SMILES string of the molecule is Cc1ccc(-c2nnc(CCC(=O)O)o2)c(Cl)c1. The number of carboxylic acids is 1. The lowest BCUT2D eigenvalue weighted by Gasteiger charge is -1.99. The molecule has 0 saturated heterocycles. The molecule has 0 bridgehead atoms. The van der Waals surface area contributed by atoms with E-state index in [0.717, 1.165) is 5.56 Å². The quantitative estimate of drug-likeness (QED) is 0.921. The minimum absolute atomic E-state index is 0.0384. The maximum Gasteiger partial charge on any atom is 0.303 e. The molecule has 0 spiro atoms. The Balaban J connectivity index is 2.21. The van der Waals surface area contributed by atoms with Crippen molar-refractivity contribution in [2.75, 3.05) is 0 Å². The van der Waals surface area contributed by atoms with Crippen LogP contribution in [0.15, 0.2) is 22.6 Å². The summed E-state index contributed by atoms with van der Waals surface area (Å²) in [7, 11) is 0. The minimum atomic E-state index is -0.900. The highest BCUT2D eigenvalue weighted by molar-refractivity contribution is 6.33. The predicted octanol–water partition coefficient (Wildman–Crippen LogP) is 2.72. The lowest BCUT2D eigenvalue weighted by Crippen LogP contribution is -1.97. The molecule has 0 fully saturated rings. The number of aryl methyl sites for hydroxylation is 2. The van der Waals surface area contributed by atoms with E-state index in [4.69, 9.17) is 21.1 Å². The monoisotopic (exact) mass is 266 g/mol. The van der Waals surface area contributed by atoms with Gasteiger partial charge in [0.2, 0.25) is 11.8 Å². The summed E-state index contributed by atoms with van der Waals surface area (Å²) in [6.45, 7) is 1.93. The third kappa shape index (κ3) is 2.87. The first-order valence-corrected chi connectivity index (χ1v) is 5.75. The van der Waals surface area contributed by atoms with Gasteiger partial charge in [-0.15, -0.1) is 10.2 Å². The highest BCUT2D eigenvalue weighted by atomic mass is 35.5. The Morgan fingerprint density at radius 1 is 1.44 bits per heavy atom. The first-order chi connectivity index (χ1) is 8.56. The predicted molar refractivity (Wildman–Crippen MR) is 65.4 cm³/mol. The molecule has 0 aliphatic rings. The molecule has 0 amide bonds. The van der Waals surface area contributed by atoms with Crippen LogP contribution >= 0.6 is 11.6 Å². The van der Waals surface area contributed by atoms with Crippen molar-refractivity contribution < 1.29 is 14.3 Å². The summed E-state index contributed by atoms with van der Waals surface area (Å²) in [6, 6.07) is 5.49. The van der Waals surface area contributed by atoms with Crippen molar-refractivity contribution in [2.24, 2.45) is 0 Å². The van der Waals surface area contributed by atoms with Crippen molar-refractivity contribution in [1.29, 1.82) is 0 Å². The van der Waals surface area contributed by atoms with Gasteiger partial charge in [0, 0.05) is 6.42 Å². The molecule has 18 heavy (non-hydrogen) atoms. The van der Waals surface area contributed by atoms with E-state index in [1.807, 2.05) is 13.0 Å². The van der Waals surface area contributed by atoms with Crippen molar-refractivity contribution in [1.82, 2.24) is 10.2 Å². The molecule has 0 saturated carbocycles. The lowest BCUT2D eigenvalue weighted by atomic mass is 10.1. The third-order valence-corrected chi connectivity index (χ3v) is 2.69. The van der Waals surface area contributed by atoms with Crippen LogP contribution in [0.3, 0.4) is 0 Å². The number of aliphatic carboxylic acids is 1. The molecule has 2 rings (SSSR count). The number of aromatic nitrogens is 2. The molecule has 0 unspecified atom stereocenters. The van der Waals surface area contributed by atoms with Crippen LogP contribution in [-0.2, 0) is 11.2 Å². The standard InChI is InChI=1S/C12H11ClN2O3/c1-7-2-3-8(9(13)6-7)12-15-14-10(18-12)4-5-11(16)17/h2-3,6H,4-5H2,1H3,(H,16,17). The summed E-state index contributed by atoms with van der Waals surface area (Å²) in [6.07, 6.45) is 0.176. The van der Waals surface area contributed by atoms with E-state index in [1.165, 1.54) is 0 Å². The van der Waals surface area contributed by atoms with E-state index in [2.05, 4.69) is 10.2 Å². The number of halogens is 1. The Kier molecular flexibility index (Phi) is 3.62. The highest BCUT2D eigenvalue weighted by Gasteiger charge is 2.12. The number of rotatable bonds is 4. The zero-order chi connectivity index (χ0) is 13.1. The summed E-state index contributed by atoms with van der Waals surface area (Å²) in [4.78, 5) is 10.4. The van der Waals surface area contributed by atoms with E-state index >= 15 is 0 Å². The van der Waals surface area contributed by atoms with Crippen LogP contribution in [0.2, 0.25) is 5.02 Å². The van der Waals surface area contributed by atoms with Crippen LogP contribution in [0.5, 0.6) is 0 Å². The molecule has 0 radical (unpaired) electrons. The van der Waals surface area contributed by atoms with Crippen molar-refractivity contribution in [2.45, 2.75) is 19.8 Å². The van der Waals surface area contributed by atoms with Crippen LogP contribution in [0, 0.1) is 6.92 Å². The van der Waals surface area contributed by atoms with E-state index in [-0.39, 0.29) is 12.8 Å². The van der Waals surface area contributed by atoms with Gasteiger partial charge in [0.05, 0.1) is 17.0 Å². The molecular formula is C12H11ClN2O3. The van der Waals surface area contributed by atoms with Gasteiger partial charge < -0.3 is 9.52 Å². The van der Waals surface area contributed by atoms with Gasteiger partial charge in [-0.25, -0.2) is 0 Å². The van der Waals surface area contributed by atoms with Gasteiger partial charge in [0.25, 0.3) is 0 Å². The number of nitrogens with zero attached hydrogens (tertiary/aromatic N) is 2. The maximum atomic E-state index is 10.4. The fourth-order valence-electron chi connectivity index (χ4n) is 1.47. The van der Waals surface area contributed by atoms with E-state index in [1.54, 1.807) is 12.1 Å². The minimum Gasteiger partial charge on any atom is -0.481 e. The van der Waals surface area contributed by atoms with Crippen molar-refractivity contribution in [3.05, 3.63) is 34.7 Å². The number of hydrogen-bond donors (Lipinski definition) is 1. The second-order valence-electron chi connectivity index (χ2n) is 3.88. The first kappa shape index (κ1) is 12.6. The van der Waals surface area contributed by atoms with Gasteiger partial charge in [0.15, 0.2) is 0 Å². The van der Waals surface area contributed by atoms with Crippen molar-refractivity contribution >= 4 is 17.6 Å². The zero-order valence-electron chi connectivity index (χ0n) is 9.68. The topological polar surface area (TPSA) is 76.2 Å². The highest BCUT2D eigenvalue weighted by Crippen LogP contribution is 2.27. The summed E-state index contributed by atoms with van der Waals surface area (Å²) >= 11 is 6.08. The number of hydrogen-bond acceptors (Lipinski definition) is 4. The van der Waals surface area contributed by atoms with Crippen LogP contribution < -0.4 is 0 Å².